The molecule has 114 valence electrons. The minimum atomic E-state index is -3.61. The maximum Gasteiger partial charge on any atom is 0.241 e. The molecule has 1 N–H and O–H groups in total. The highest BCUT2D eigenvalue weighted by Gasteiger charge is 2.23. The average molecular weight is 301 g/mol. The van der Waals surface area contributed by atoms with Crippen LogP contribution in [-0.4, -0.2) is 14.5 Å². The number of aryl methyl sites for hydroxylation is 2. The van der Waals surface area contributed by atoms with Crippen molar-refractivity contribution < 1.29 is 12.8 Å². The molecule has 0 saturated heterocycles. The van der Waals surface area contributed by atoms with Crippen LogP contribution >= 0.6 is 0 Å². The second kappa shape index (κ2) is 6.68. The molecule has 0 aliphatic heterocycles. The predicted molar refractivity (Wildman–Crippen MR) is 79.7 cm³/mol. The van der Waals surface area contributed by atoms with Crippen LogP contribution in [0.4, 0.5) is 4.39 Å². The Balaban J connectivity index is 3.01. The number of hydrogen-bond acceptors (Lipinski definition) is 2. The third-order valence-electron chi connectivity index (χ3n) is 3.50. The molecule has 0 bridgehead atoms. The Morgan fingerprint density at radius 3 is 2.15 bits per heavy atom. The Labute approximate surface area is 121 Å². The van der Waals surface area contributed by atoms with Crippen LogP contribution in [0.25, 0.3) is 0 Å². The van der Waals surface area contributed by atoms with Gasteiger partial charge in [0, 0.05) is 6.04 Å². The van der Waals surface area contributed by atoms with E-state index < -0.39 is 15.8 Å². The minimum absolute atomic E-state index is 0.140. The number of hydrogen-bond donors (Lipinski definition) is 1. The van der Waals surface area contributed by atoms with Gasteiger partial charge in [-0.2, -0.15) is 0 Å². The summed E-state index contributed by atoms with van der Waals surface area (Å²) >= 11 is 0. The Morgan fingerprint density at radius 2 is 1.70 bits per heavy atom. The Bertz CT molecular complexity index is 546. The topological polar surface area (TPSA) is 46.2 Å². The van der Waals surface area contributed by atoms with Crippen molar-refractivity contribution in [2.45, 2.75) is 58.4 Å². The summed E-state index contributed by atoms with van der Waals surface area (Å²) in [7, 11) is -3.61. The molecule has 1 rings (SSSR count). The van der Waals surface area contributed by atoms with Crippen LogP contribution in [-0.2, 0) is 10.0 Å². The maximum absolute atomic E-state index is 13.3. The summed E-state index contributed by atoms with van der Waals surface area (Å²) in [5.41, 5.74) is 0.872. The van der Waals surface area contributed by atoms with Crippen molar-refractivity contribution in [1.82, 2.24) is 4.72 Å². The molecule has 0 saturated carbocycles. The lowest BCUT2D eigenvalue weighted by molar-refractivity contribution is 0.445. The molecule has 5 heteroatoms. The third kappa shape index (κ3) is 4.28. The molecule has 0 heterocycles. The van der Waals surface area contributed by atoms with Crippen LogP contribution in [0.1, 0.15) is 44.7 Å². The lowest BCUT2D eigenvalue weighted by Crippen LogP contribution is -2.34. The average Bonchev–Trinajstić information content (AvgIpc) is 2.25. The second-order valence-electron chi connectivity index (χ2n) is 5.64. The number of sulfonamides is 1. The van der Waals surface area contributed by atoms with Crippen LogP contribution in [0.15, 0.2) is 17.0 Å². The van der Waals surface area contributed by atoms with Crippen LogP contribution in [0, 0.1) is 25.6 Å². The van der Waals surface area contributed by atoms with Crippen molar-refractivity contribution in [2.75, 3.05) is 0 Å². The largest absolute Gasteiger partial charge is 0.241 e. The van der Waals surface area contributed by atoms with Gasteiger partial charge in [0.25, 0.3) is 0 Å². The van der Waals surface area contributed by atoms with Gasteiger partial charge in [0.05, 0.1) is 4.90 Å². The van der Waals surface area contributed by atoms with Gasteiger partial charge >= 0.3 is 0 Å². The zero-order chi connectivity index (χ0) is 15.5. The highest BCUT2D eigenvalue weighted by atomic mass is 32.2. The van der Waals surface area contributed by atoms with E-state index in [0.29, 0.717) is 17.0 Å². The number of nitrogens with one attached hydrogen (secondary N) is 1. The quantitative estimate of drug-likeness (QED) is 0.873. The molecule has 3 nitrogen and oxygen atoms in total. The van der Waals surface area contributed by atoms with Gasteiger partial charge in [-0.3, -0.25) is 0 Å². The molecule has 0 aliphatic carbocycles. The van der Waals surface area contributed by atoms with Crippen LogP contribution in [0.5, 0.6) is 0 Å². The van der Waals surface area contributed by atoms with Crippen molar-refractivity contribution in [3.05, 3.63) is 29.1 Å². The van der Waals surface area contributed by atoms with Gasteiger partial charge < -0.3 is 0 Å². The number of halogens is 1. The standard InChI is InChI=1S/C15H24FNO2S/c1-6-10(2)7-13(5)17-20(18,19)15-11(3)8-14(16)9-12(15)4/h8-10,13,17H,6-7H2,1-5H3. The number of benzene rings is 1. The molecule has 0 aromatic heterocycles. The van der Waals surface area contributed by atoms with Crippen LogP contribution < -0.4 is 4.72 Å². The lowest BCUT2D eigenvalue weighted by Gasteiger charge is -2.19. The summed E-state index contributed by atoms with van der Waals surface area (Å²) in [4.78, 5) is 0.190. The van der Waals surface area contributed by atoms with Crippen molar-refractivity contribution in [1.29, 1.82) is 0 Å². The molecule has 2 atom stereocenters. The molecule has 0 fully saturated rings. The molecule has 1 aromatic rings. The molecule has 0 radical (unpaired) electrons. The zero-order valence-corrected chi connectivity index (χ0v) is 13.6. The number of rotatable bonds is 6. The van der Waals surface area contributed by atoms with E-state index in [2.05, 4.69) is 18.6 Å². The molecule has 0 amide bonds. The monoisotopic (exact) mass is 301 g/mol. The highest BCUT2D eigenvalue weighted by Crippen LogP contribution is 2.22. The second-order valence-corrected chi connectivity index (χ2v) is 7.29. The summed E-state index contributed by atoms with van der Waals surface area (Å²) in [5, 5.41) is 0. The predicted octanol–water partition coefficient (Wildman–Crippen LogP) is 3.55. The van der Waals surface area contributed by atoms with E-state index in [1.165, 1.54) is 12.1 Å². The molecule has 1 aromatic carbocycles. The van der Waals surface area contributed by atoms with Gasteiger partial charge in [0.1, 0.15) is 5.82 Å². The Morgan fingerprint density at radius 1 is 1.20 bits per heavy atom. The molecule has 0 aliphatic rings. The van der Waals surface area contributed by atoms with E-state index in [-0.39, 0.29) is 10.9 Å². The Hall–Kier alpha value is -0.940. The lowest BCUT2D eigenvalue weighted by atomic mass is 10.0. The summed E-state index contributed by atoms with van der Waals surface area (Å²) in [6.45, 7) is 9.27. The molecular formula is C15H24FNO2S. The summed E-state index contributed by atoms with van der Waals surface area (Å²) in [5.74, 6) is 0.0507. The normalized spacial score (nSPS) is 15.1. The van der Waals surface area contributed by atoms with E-state index in [1.54, 1.807) is 13.8 Å². The van der Waals surface area contributed by atoms with E-state index in [4.69, 9.17) is 0 Å². The molecular weight excluding hydrogens is 277 g/mol. The zero-order valence-electron chi connectivity index (χ0n) is 12.8. The van der Waals surface area contributed by atoms with Crippen LogP contribution in [0.3, 0.4) is 0 Å². The van der Waals surface area contributed by atoms with Crippen molar-refractivity contribution in [3.8, 4) is 0 Å². The summed E-state index contributed by atoms with van der Waals surface area (Å²) < 4.78 is 40.8. The fourth-order valence-electron chi connectivity index (χ4n) is 2.46. The third-order valence-corrected chi connectivity index (χ3v) is 5.40. The van der Waals surface area contributed by atoms with E-state index in [9.17, 15) is 12.8 Å². The fraction of sp³-hybridized carbons (Fsp3) is 0.600. The van der Waals surface area contributed by atoms with Crippen molar-refractivity contribution in [2.24, 2.45) is 5.92 Å². The first-order chi connectivity index (χ1) is 9.17. The molecule has 2 unspecified atom stereocenters. The van der Waals surface area contributed by atoms with Gasteiger partial charge in [-0.1, -0.05) is 20.3 Å². The van der Waals surface area contributed by atoms with E-state index >= 15 is 0 Å². The van der Waals surface area contributed by atoms with E-state index in [1.807, 2.05) is 6.92 Å². The van der Waals surface area contributed by atoms with Gasteiger partial charge in [-0.25, -0.2) is 17.5 Å². The van der Waals surface area contributed by atoms with Crippen molar-refractivity contribution >= 4 is 10.0 Å². The Kier molecular flexibility index (Phi) is 5.71. The summed E-state index contributed by atoms with van der Waals surface area (Å²) in [6.07, 6.45) is 1.80. The van der Waals surface area contributed by atoms with Gasteiger partial charge in [-0.15, -0.1) is 0 Å². The highest BCUT2D eigenvalue weighted by molar-refractivity contribution is 7.89. The van der Waals surface area contributed by atoms with Gasteiger partial charge in [0.2, 0.25) is 10.0 Å². The first-order valence-corrected chi connectivity index (χ1v) is 8.44. The fourth-order valence-corrected chi connectivity index (χ4v) is 4.17. The minimum Gasteiger partial charge on any atom is -0.208 e. The first kappa shape index (κ1) is 17.1. The first-order valence-electron chi connectivity index (χ1n) is 6.96. The maximum atomic E-state index is 13.3. The smallest absolute Gasteiger partial charge is 0.208 e. The van der Waals surface area contributed by atoms with Gasteiger partial charge in [-0.05, 0) is 56.4 Å². The van der Waals surface area contributed by atoms with Gasteiger partial charge in [0.15, 0.2) is 0 Å². The van der Waals surface area contributed by atoms with Crippen molar-refractivity contribution in [3.63, 3.8) is 0 Å². The van der Waals surface area contributed by atoms with Crippen LogP contribution in [0.2, 0.25) is 0 Å². The molecule has 0 spiro atoms. The molecule has 20 heavy (non-hydrogen) atoms. The van der Waals surface area contributed by atoms with E-state index in [0.717, 1.165) is 12.8 Å². The summed E-state index contributed by atoms with van der Waals surface area (Å²) in [6, 6.07) is 2.36. The SMILES string of the molecule is CCC(C)CC(C)NS(=O)(=O)c1c(C)cc(F)cc1C.